The molecule has 0 spiro atoms. The molecule has 0 aliphatic heterocycles. The maximum absolute atomic E-state index is 12.2. The fourth-order valence-corrected chi connectivity index (χ4v) is 3.02. The molecular weight excluding hydrogens is 358 g/mol. The van der Waals surface area contributed by atoms with E-state index in [9.17, 15) is 14.4 Å². The van der Waals surface area contributed by atoms with Crippen molar-refractivity contribution in [1.82, 2.24) is 5.32 Å². The minimum atomic E-state index is -0.415. The molecule has 3 rings (SSSR count). The van der Waals surface area contributed by atoms with Crippen LogP contribution in [0.1, 0.15) is 27.9 Å². The van der Waals surface area contributed by atoms with Crippen molar-refractivity contribution in [2.24, 2.45) is 0 Å². The number of Topliss-reactive ketones (excluding diaryl/α,β-unsaturated/α-hetero) is 1. The van der Waals surface area contributed by atoms with E-state index in [4.69, 9.17) is 9.15 Å². The predicted octanol–water partition coefficient (Wildman–Crippen LogP) is 3.04. The van der Waals surface area contributed by atoms with Crippen molar-refractivity contribution < 1.29 is 18.7 Å². The standard InChI is InChI=1S/C22H21NO5/c1-14-10-22(26)28-20-12-19(27-2)16(11-17(14)20)8-9-21(25)23-13-18(24)15-6-4-3-5-7-15/h3-7,10-12H,8-9,13H2,1-2H3,(H,23,25). The van der Waals surface area contributed by atoms with Gasteiger partial charge in [0.05, 0.1) is 13.7 Å². The van der Waals surface area contributed by atoms with E-state index < -0.39 is 5.63 Å². The zero-order valence-corrected chi connectivity index (χ0v) is 15.8. The van der Waals surface area contributed by atoms with Crippen molar-refractivity contribution in [3.63, 3.8) is 0 Å². The van der Waals surface area contributed by atoms with Crippen molar-refractivity contribution in [3.05, 3.63) is 75.6 Å². The Balaban J connectivity index is 1.66. The summed E-state index contributed by atoms with van der Waals surface area (Å²) >= 11 is 0. The van der Waals surface area contributed by atoms with Gasteiger partial charge < -0.3 is 14.5 Å². The number of fused-ring (bicyclic) bond motifs is 1. The topological polar surface area (TPSA) is 85.6 Å². The number of amides is 1. The lowest BCUT2D eigenvalue weighted by atomic mass is 10.0. The molecule has 0 aliphatic carbocycles. The monoisotopic (exact) mass is 379 g/mol. The van der Waals surface area contributed by atoms with Crippen molar-refractivity contribution in [2.45, 2.75) is 19.8 Å². The summed E-state index contributed by atoms with van der Waals surface area (Å²) in [5, 5.41) is 3.46. The minimum Gasteiger partial charge on any atom is -0.496 e. The van der Waals surface area contributed by atoms with Gasteiger partial charge in [-0.3, -0.25) is 9.59 Å². The molecule has 0 radical (unpaired) electrons. The average Bonchev–Trinajstić information content (AvgIpc) is 2.70. The van der Waals surface area contributed by atoms with E-state index in [1.807, 2.05) is 19.1 Å². The van der Waals surface area contributed by atoms with E-state index in [0.29, 0.717) is 23.3 Å². The molecule has 1 aromatic heterocycles. The summed E-state index contributed by atoms with van der Waals surface area (Å²) < 4.78 is 10.6. The molecular formula is C22H21NO5. The van der Waals surface area contributed by atoms with Crippen molar-refractivity contribution in [3.8, 4) is 5.75 Å². The zero-order valence-electron chi connectivity index (χ0n) is 15.8. The van der Waals surface area contributed by atoms with Gasteiger partial charge >= 0.3 is 5.63 Å². The molecule has 2 aromatic carbocycles. The highest BCUT2D eigenvalue weighted by atomic mass is 16.5. The van der Waals surface area contributed by atoms with Crippen LogP contribution in [-0.2, 0) is 11.2 Å². The molecule has 0 aliphatic rings. The first-order valence-corrected chi connectivity index (χ1v) is 8.94. The van der Waals surface area contributed by atoms with E-state index in [0.717, 1.165) is 16.5 Å². The Morgan fingerprint density at radius 2 is 1.86 bits per heavy atom. The molecule has 0 saturated carbocycles. The van der Waals surface area contributed by atoms with E-state index >= 15 is 0 Å². The van der Waals surface area contributed by atoms with Crippen LogP contribution in [0.3, 0.4) is 0 Å². The van der Waals surface area contributed by atoms with Crippen LogP contribution < -0.4 is 15.7 Å². The summed E-state index contributed by atoms with van der Waals surface area (Å²) in [6.45, 7) is 1.79. The van der Waals surface area contributed by atoms with Crippen LogP contribution in [-0.4, -0.2) is 25.3 Å². The van der Waals surface area contributed by atoms with Gasteiger partial charge in [0.25, 0.3) is 0 Å². The number of aryl methyl sites for hydroxylation is 2. The van der Waals surface area contributed by atoms with E-state index in [2.05, 4.69) is 5.32 Å². The molecule has 0 atom stereocenters. The smallest absolute Gasteiger partial charge is 0.336 e. The third-order valence-corrected chi connectivity index (χ3v) is 4.52. The molecule has 6 nitrogen and oxygen atoms in total. The first kappa shape index (κ1) is 19.4. The molecule has 0 unspecified atom stereocenters. The summed E-state index contributed by atoms with van der Waals surface area (Å²) in [5.41, 5.74) is 2.23. The molecule has 1 amide bonds. The van der Waals surface area contributed by atoms with Gasteiger partial charge in [-0.05, 0) is 30.5 Å². The van der Waals surface area contributed by atoms with Crippen LogP contribution in [0, 0.1) is 6.92 Å². The Morgan fingerprint density at radius 1 is 1.11 bits per heavy atom. The van der Waals surface area contributed by atoms with Gasteiger partial charge in [0.1, 0.15) is 11.3 Å². The summed E-state index contributed by atoms with van der Waals surface area (Å²) in [6.07, 6.45) is 0.642. The van der Waals surface area contributed by atoms with Crippen LogP contribution in [0.25, 0.3) is 11.0 Å². The molecule has 1 N–H and O–H groups in total. The second-order valence-electron chi connectivity index (χ2n) is 6.47. The summed E-state index contributed by atoms with van der Waals surface area (Å²) in [4.78, 5) is 35.8. The summed E-state index contributed by atoms with van der Waals surface area (Å²) in [6, 6.07) is 13.8. The molecule has 144 valence electrons. The average molecular weight is 379 g/mol. The van der Waals surface area contributed by atoms with Crippen molar-refractivity contribution in [1.29, 1.82) is 0 Å². The minimum absolute atomic E-state index is 0.0397. The second kappa shape index (κ2) is 8.52. The van der Waals surface area contributed by atoms with Gasteiger partial charge in [-0.25, -0.2) is 4.79 Å². The number of benzene rings is 2. The predicted molar refractivity (Wildman–Crippen MR) is 106 cm³/mol. The Morgan fingerprint density at radius 3 is 2.57 bits per heavy atom. The van der Waals surface area contributed by atoms with Crippen LogP contribution in [0.15, 0.2) is 57.7 Å². The molecule has 0 fully saturated rings. The summed E-state index contributed by atoms with van der Waals surface area (Å²) in [7, 11) is 1.52. The lowest BCUT2D eigenvalue weighted by molar-refractivity contribution is -0.120. The number of carbonyl (C=O) groups excluding carboxylic acids is 2. The highest BCUT2D eigenvalue weighted by Gasteiger charge is 2.13. The van der Waals surface area contributed by atoms with Crippen LogP contribution in [0.5, 0.6) is 5.75 Å². The third kappa shape index (κ3) is 4.46. The maximum Gasteiger partial charge on any atom is 0.336 e. The Kier molecular flexibility index (Phi) is 5.89. The number of hydrogen-bond acceptors (Lipinski definition) is 5. The molecule has 6 heteroatoms. The Labute approximate surface area is 162 Å². The van der Waals surface area contributed by atoms with Gasteiger partial charge in [0.15, 0.2) is 5.78 Å². The van der Waals surface area contributed by atoms with Crippen LogP contribution >= 0.6 is 0 Å². The van der Waals surface area contributed by atoms with Gasteiger partial charge in [-0.2, -0.15) is 0 Å². The van der Waals surface area contributed by atoms with Gasteiger partial charge in [-0.1, -0.05) is 30.3 Å². The van der Waals surface area contributed by atoms with Crippen LogP contribution in [0.4, 0.5) is 0 Å². The molecule has 28 heavy (non-hydrogen) atoms. The number of ether oxygens (including phenoxy) is 1. The lowest BCUT2D eigenvalue weighted by Gasteiger charge is -2.11. The van der Waals surface area contributed by atoms with E-state index in [1.54, 1.807) is 30.3 Å². The quantitative estimate of drug-likeness (QED) is 0.504. The number of carbonyl (C=O) groups is 2. The van der Waals surface area contributed by atoms with E-state index in [-0.39, 0.29) is 24.7 Å². The van der Waals surface area contributed by atoms with Gasteiger partial charge in [-0.15, -0.1) is 0 Å². The number of rotatable bonds is 7. The zero-order chi connectivity index (χ0) is 20.1. The highest BCUT2D eigenvalue weighted by Crippen LogP contribution is 2.28. The van der Waals surface area contributed by atoms with Crippen molar-refractivity contribution >= 4 is 22.7 Å². The van der Waals surface area contributed by atoms with Gasteiger partial charge in [0, 0.05) is 29.5 Å². The Bertz CT molecular complexity index is 1070. The normalized spacial score (nSPS) is 10.6. The maximum atomic E-state index is 12.2. The molecule has 1 heterocycles. The van der Waals surface area contributed by atoms with Crippen molar-refractivity contribution in [2.75, 3.05) is 13.7 Å². The van der Waals surface area contributed by atoms with E-state index in [1.165, 1.54) is 13.2 Å². The Hall–Kier alpha value is -3.41. The molecule has 0 saturated heterocycles. The van der Waals surface area contributed by atoms with Crippen LogP contribution in [0.2, 0.25) is 0 Å². The second-order valence-corrected chi connectivity index (χ2v) is 6.47. The largest absolute Gasteiger partial charge is 0.496 e. The van der Waals surface area contributed by atoms with Gasteiger partial charge in [0.2, 0.25) is 5.91 Å². The number of nitrogens with one attached hydrogen (secondary N) is 1. The molecule has 3 aromatic rings. The summed E-state index contributed by atoms with van der Waals surface area (Å²) in [5.74, 6) is 0.194. The SMILES string of the molecule is COc1cc2oc(=O)cc(C)c2cc1CCC(=O)NCC(=O)c1ccccc1. The third-order valence-electron chi connectivity index (χ3n) is 4.52. The lowest BCUT2D eigenvalue weighted by Crippen LogP contribution is -2.29. The number of methoxy groups -OCH3 is 1. The fraction of sp³-hybridized carbons (Fsp3) is 0.227. The first-order valence-electron chi connectivity index (χ1n) is 8.94. The fourth-order valence-electron chi connectivity index (χ4n) is 3.02. The highest BCUT2D eigenvalue weighted by molar-refractivity contribution is 5.99. The number of ketones is 1. The molecule has 0 bridgehead atoms. The number of hydrogen-bond donors (Lipinski definition) is 1. The first-order chi connectivity index (χ1) is 13.5.